The molecule has 1 unspecified atom stereocenters. The number of methoxy groups -OCH3 is 1. The van der Waals surface area contributed by atoms with E-state index in [9.17, 15) is 0 Å². The normalized spacial score (nSPS) is 12.4. The third-order valence-corrected chi connectivity index (χ3v) is 4.12. The van der Waals surface area contributed by atoms with Crippen LogP contribution in [0, 0.1) is 6.92 Å². The largest absolute Gasteiger partial charge is 0.496 e. The fraction of sp³-hybridized carbons (Fsp3) is 0.438. The van der Waals surface area contributed by atoms with Crippen molar-refractivity contribution in [2.75, 3.05) is 13.7 Å². The van der Waals surface area contributed by atoms with Crippen LogP contribution in [0.25, 0.3) is 0 Å². The SMILES string of the molecule is CCNC(Cc1ccc(OC)c(Br)c1)c1cc(C)nn1C. The van der Waals surface area contributed by atoms with Crippen LogP contribution in [0.4, 0.5) is 0 Å². The molecular weight excluding hydrogens is 330 g/mol. The second kappa shape index (κ2) is 7.09. The molecule has 4 nitrogen and oxygen atoms in total. The number of hydrogen-bond acceptors (Lipinski definition) is 3. The Morgan fingerprint density at radius 3 is 2.67 bits per heavy atom. The zero-order valence-electron chi connectivity index (χ0n) is 13.0. The van der Waals surface area contributed by atoms with Crippen LogP contribution in [-0.2, 0) is 13.5 Å². The molecule has 2 aromatic rings. The summed E-state index contributed by atoms with van der Waals surface area (Å²) < 4.78 is 8.23. The van der Waals surface area contributed by atoms with E-state index < -0.39 is 0 Å². The van der Waals surface area contributed by atoms with Crippen LogP contribution in [0.2, 0.25) is 0 Å². The third-order valence-electron chi connectivity index (χ3n) is 3.50. The number of benzene rings is 1. The first kappa shape index (κ1) is 16.0. The van der Waals surface area contributed by atoms with Crippen molar-refractivity contribution in [3.05, 3.63) is 45.7 Å². The number of halogens is 1. The van der Waals surface area contributed by atoms with E-state index in [0.29, 0.717) is 0 Å². The quantitative estimate of drug-likeness (QED) is 0.866. The lowest BCUT2D eigenvalue weighted by Crippen LogP contribution is -2.25. The highest BCUT2D eigenvalue weighted by molar-refractivity contribution is 9.10. The van der Waals surface area contributed by atoms with Gasteiger partial charge in [-0.05, 0) is 59.6 Å². The van der Waals surface area contributed by atoms with Crippen molar-refractivity contribution in [2.45, 2.75) is 26.3 Å². The van der Waals surface area contributed by atoms with Gasteiger partial charge in [-0.1, -0.05) is 13.0 Å². The van der Waals surface area contributed by atoms with Gasteiger partial charge in [0.1, 0.15) is 5.75 Å². The summed E-state index contributed by atoms with van der Waals surface area (Å²) in [7, 11) is 3.68. The number of nitrogens with one attached hydrogen (secondary N) is 1. The molecule has 0 bridgehead atoms. The number of ether oxygens (including phenoxy) is 1. The molecule has 0 aliphatic heterocycles. The van der Waals surface area contributed by atoms with Crippen molar-refractivity contribution in [3.63, 3.8) is 0 Å². The van der Waals surface area contributed by atoms with Crippen molar-refractivity contribution in [1.29, 1.82) is 0 Å². The Morgan fingerprint density at radius 2 is 2.14 bits per heavy atom. The highest BCUT2D eigenvalue weighted by Gasteiger charge is 2.16. The number of hydrogen-bond donors (Lipinski definition) is 1. The maximum absolute atomic E-state index is 5.28. The number of likely N-dealkylation sites (N-methyl/N-ethyl adjacent to an activating group) is 1. The van der Waals surface area contributed by atoms with Gasteiger partial charge in [0.05, 0.1) is 29.0 Å². The molecule has 21 heavy (non-hydrogen) atoms. The van der Waals surface area contributed by atoms with Gasteiger partial charge in [-0.25, -0.2) is 0 Å². The van der Waals surface area contributed by atoms with Crippen molar-refractivity contribution in [3.8, 4) is 5.75 Å². The Labute approximate surface area is 134 Å². The molecule has 0 amide bonds. The predicted octanol–water partition coefficient (Wildman–Crippen LogP) is 3.39. The molecule has 0 aliphatic carbocycles. The summed E-state index contributed by atoms with van der Waals surface area (Å²) in [6.07, 6.45) is 0.912. The van der Waals surface area contributed by atoms with E-state index in [1.54, 1.807) is 7.11 Å². The monoisotopic (exact) mass is 351 g/mol. The third kappa shape index (κ3) is 3.86. The standard InChI is InChI=1S/C16H22BrN3O/c1-5-18-14(15-8-11(2)19-20(15)3)10-12-6-7-16(21-4)13(17)9-12/h6-9,14,18H,5,10H2,1-4H3. The smallest absolute Gasteiger partial charge is 0.133 e. The molecule has 0 saturated heterocycles. The van der Waals surface area contributed by atoms with Crippen LogP contribution in [0.3, 0.4) is 0 Å². The van der Waals surface area contributed by atoms with Crippen LogP contribution in [-0.4, -0.2) is 23.4 Å². The highest BCUT2D eigenvalue weighted by Crippen LogP contribution is 2.28. The topological polar surface area (TPSA) is 39.1 Å². The van der Waals surface area contributed by atoms with E-state index in [1.165, 1.54) is 11.3 Å². The molecular formula is C16H22BrN3O. The van der Waals surface area contributed by atoms with Crippen LogP contribution >= 0.6 is 15.9 Å². The fourth-order valence-electron chi connectivity index (χ4n) is 2.56. The molecule has 0 aliphatic rings. The maximum Gasteiger partial charge on any atom is 0.133 e. The van der Waals surface area contributed by atoms with Gasteiger partial charge in [-0.15, -0.1) is 0 Å². The molecule has 1 aromatic carbocycles. The minimum Gasteiger partial charge on any atom is -0.496 e. The number of aryl methyl sites for hydroxylation is 2. The van der Waals surface area contributed by atoms with Crippen molar-refractivity contribution >= 4 is 15.9 Å². The fourth-order valence-corrected chi connectivity index (χ4v) is 3.15. The second-order valence-electron chi connectivity index (χ2n) is 5.12. The Morgan fingerprint density at radius 1 is 1.38 bits per heavy atom. The van der Waals surface area contributed by atoms with Gasteiger partial charge in [0.2, 0.25) is 0 Å². The number of aromatic nitrogens is 2. The van der Waals surface area contributed by atoms with E-state index in [-0.39, 0.29) is 6.04 Å². The summed E-state index contributed by atoms with van der Waals surface area (Å²) in [5.74, 6) is 0.857. The number of nitrogens with zero attached hydrogens (tertiary/aromatic N) is 2. The second-order valence-corrected chi connectivity index (χ2v) is 5.97. The van der Waals surface area contributed by atoms with E-state index >= 15 is 0 Å². The molecule has 1 atom stereocenters. The van der Waals surface area contributed by atoms with Gasteiger partial charge in [-0.2, -0.15) is 5.10 Å². The first-order chi connectivity index (χ1) is 10.0. The zero-order valence-corrected chi connectivity index (χ0v) is 14.6. The summed E-state index contributed by atoms with van der Waals surface area (Å²) in [4.78, 5) is 0. The van der Waals surface area contributed by atoms with Gasteiger partial charge in [-0.3, -0.25) is 4.68 Å². The lowest BCUT2D eigenvalue weighted by atomic mass is 10.0. The molecule has 114 valence electrons. The van der Waals surface area contributed by atoms with Crippen LogP contribution in [0.1, 0.15) is 29.9 Å². The van der Waals surface area contributed by atoms with Crippen molar-refractivity contribution < 1.29 is 4.74 Å². The van der Waals surface area contributed by atoms with E-state index in [1.807, 2.05) is 24.7 Å². The highest BCUT2D eigenvalue weighted by atomic mass is 79.9. The summed E-state index contributed by atoms with van der Waals surface area (Å²) in [5, 5.41) is 7.99. The molecule has 0 fully saturated rings. The van der Waals surface area contributed by atoms with Crippen molar-refractivity contribution in [1.82, 2.24) is 15.1 Å². The summed E-state index contributed by atoms with van der Waals surface area (Å²) >= 11 is 3.55. The Bertz CT molecular complexity index is 610. The van der Waals surface area contributed by atoms with Crippen LogP contribution in [0.15, 0.2) is 28.7 Å². The van der Waals surface area contributed by atoms with Gasteiger partial charge in [0, 0.05) is 7.05 Å². The van der Waals surface area contributed by atoms with Crippen molar-refractivity contribution in [2.24, 2.45) is 7.05 Å². The summed E-state index contributed by atoms with van der Waals surface area (Å²) in [6.45, 7) is 5.07. The van der Waals surface area contributed by atoms with Gasteiger partial charge >= 0.3 is 0 Å². The molecule has 5 heteroatoms. The Balaban J connectivity index is 2.24. The van der Waals surface area contributed by atoms with E-state index in [0.717, 1.165) is 28.9 Å². The predicted molar refractivity (Wildman–Crippen MR) is 88.8 cm³/mol. The minimum atomic E-state index is 0.251. The van der Waals surface area contributed by atoms with Gasteiger partial charge < -0.3 is 10.1 Å². The Hall–Kier alpha value is -1.33. The summed E-state index contributed by atoms with van der Waals surface area (Å²) in [5.41, 5.74) is 3.51. The first-order valence-electron chi connectivity index (χ1n) is 7.11. The lowest BCUT2D eigenvalue weighted by Gasteiger charge is -2.18. The van der Waals surface area contributed by atoms with Gasteiger partial charge in [0.25, 0.3) is 0 Å². The lowest BCUT2D eigenvalue weighted by molar-refractivity contribution is 0.411. The average molecular weight is 352 g/mol. The Kier molecular flexibility index (Phi) is 5.42. The van der Waals surface area contributed by atoms with E-state index in [4.69, 9.17) is 4.74 Å². The molecule has 1 heterocycles. The molecule has 0 spiro atoms. The van der Waals surface area contributed by atoms with Crippen LogP contribution < -0.4 is 10.1 Å². The molecule has 1 aromatic heterocycles. The minimum absolute atomic E-state index is 0.251. The molecule has 0 radical (unpaired) electrons. The molecule has 2 rings (SSSR count). The van der Waals surface area contributed by atoms with Gasteiger partial charge in [0.15, 0.2) is 0 Å². The molecule has 1 N–H and O–H groups in total. The zero-order chi connectivity index (χ0) is 15.4. The number of rotatable bonds is 6. The summed E-state index contributed by atoms with van der Waals surface area (Å²) in [6, 6.07) is 8.62. The molecule has 0 saturated carbocycles. The van der Waals surface area contributed by atoms with E-state index in [2.05, 4.69) is 51.5 Å². The van der Waals surface area contributed by atoms with Crippen LogP contribution in [0.5, 0.6) is 5.75 Å². The average Bonchev–Trinajstić information content (AvgIpc) is 2.77. The maximum atomic E-state index is 5.28. The first-order valence-corrected chi connectivity index (χ1v) is 7.90.